The fraction of sp³-hybridized carbons (Fsp3) is 0.714. The predicted octanol–water partition coefficient (Wildman–Crippen LogP) is 6.55. The Morgan fingerprint density at radius 3 is 1.88 bits per heavy atom. The first-order valence-electron chi connectivity index (χ1n) is 9.90. The van der Waals surface area contributed by atoms with Gasteiger partial charge in [0.25, 0.3) is 0 Å². The van der Waals surface area contributed by atoms with E-state index in [9.17, 15) is 0 Å². The molecular weight excluding hydrogens is 296 g/mol. The van der Waals surface area contributed by atoms with Crippen molar-refractivity contribution in [2.45, 2.75) is 96.8 Å². The van der Waals surface area contributed by atoms with E-state index in [4.69, 9.17) is 5.21 Å². The summed E-state index contributed by atoms with van der Waals surface area (Å²) < 4.78 is 0. The van der Waals surface area contributed by atoms with Crippen LogP contribution in [0.15, 0.2) is 29.6 Å². The number of nitrogens with zero attached hydrogens (tertiary/aromatic N) is 2. The summed E-state index contributed by atoms with van der Waals surface area (Å²) in [6.45, 7) is 1.89. The third kappa shape index (κ3) is 12.1. The highest BCUT2D eigenvalue weighted by atomic mass is 16.4. The summed E-state index contributed by atoms with van der Waals surface area (Å²) in [5.41, 5.74) is 2.09. The van der Waals surface area contributed by atoms with Gasteiger partial charge >= 0.3 is 0 Å². The highest BCUT2D eigenvalue weighted by Crippen LogP contribution is 2.13. The second kappa shape index (κ2) is 15.2. The first-order chi connectivity index (χ1) is 11.8. The molecule has 0 aliphatic carbocycles. The van der Waals surface area contributed by atoms with Crippen LogP contribution in [0.4, 0.5) is 0 Å². The lowest BCUT2D eigenvalue weighted by molar-refractivity contribution is 0.317. The van der Waals surface area contributed by atoms with Crippen molar-refractivity contribution in [3.63, 3.8) is 0 Å². The SMILES string of the molecule is CC(CCCCCCCCCCCCCCc1ccccn1)=NO. The normalized spacial score (nSPS) is 11.8. The Morgan fingerprint density at radius 1 is 0.833 bits per heavy atom. The van der Waals surface area contributed by atoms with Crippen LogP contribution in [0.1, 0.15) is 96.1 Å². The quantitative estimate of drug-likeness (QED) is 0.171. The summed E-state index contributed by atoms with van der Waals surface area (Å²) in [5.74, 6) is 0. The number of hydrogen-bond donors (Lipinski definition) is 1. The number of rotatable bonds is 15. The molecule has 0 spiro atoms. The third-order valence-electron chi connectivity index (χ3n) is 4.62. The second-order valence-corrected chi connectivity index (χ2v) is 6.90. The molecule has 0 atom stereocenters. The van der Waals surface area contributed by atoms with Gasteiger partial charge in [-0.15, -0.1) is 0 Å². The minimum atomic E-state index is 0.857. The Labute approximate surface area is 148 Å². The predicted molar refractivity (Wildman–Crippen MR) is 103 cm³/mol. The molecule has 0 aliphatic heterocycles. The average molecular weight is 333 g/mol. The van der Waals surface area contributed by atoms with Gasteiger partial charge in [-0.25, -0.2) is 0 Å². The van der Waals surface area contributed by atoms with Gasteiger partial charge in [0.2, 0.25) is 0 Å². The van der Waals surface area contributed by atoms with Gasteiger partial charge in [0.15, 0.2) is 0 Å². The molecule has 0 radical (unpaired) electrons. The minimum Gasteiger partial charge on any atom is -0.411 e. The van der Waals surface area contributed by atoms with Gasteiger partial charge in [0, 0.05) is 11.9 Å². The summed E-state index contributed by atoms with van der Waals surface area (Å²) in [6.07, 6.45) is 20.0. The van der Waals surface area contributed by atoms with E-state index in [1.165, 1.54) is 76.3 Å². The van der Waals surface area contributed by atoms with Crippen molar-refractivity contribution in [3.8, 4) is 0 Å². The lowest BCUT2D eigenvalue weighted by Crippen LogP contribution is -1.91. The van der Waals surface area contributed by atoms with Crippen LogP contribution in [-0.4, -0.2) is 15.9 Å². The van der Waals surface area contributed by atoms with E-state index >= 15 is 0 Å². The van der Waals surface area contributed by atoms with E-state index in [1.807, 2.05) is 19.2 Å². The molecule has 3 heteroatoms. The monoisotopic (exact) mass is 332 g/mol. The first-order valence-corrected chi connectivity index (χ1v) is 9.90. The molecular formula is C21H36N2O. The number of pyridine rings is 1. The van der Waals surface area contributed by atoms with Crippen molar-refractivity contribution in [2.75, 3.05) is 0 Å². The molecule has 0 saturated heterocycles. The molecule has 24 heavy (non-hydrogen) atoms. The summed E-state index contributed by atoms with van der Waals surface area (Å²) >= 11 is 0. The van der Waals surface area contributed by atoms with Crippen LogP contribution in [0.3, 0.4) is 0 Å². The smallest absolute Gasteiger partial charge is 0.0540 e. The maximum atomic E-state index is 8.56. The van der Waals surface area contributed by atoms with Crippen molar-refractivity contribution in [3.05, 3.63) is 30.1 Å². The molecule has 0 fully saturated rings. The van der Waals surface area contributed by atoms with Crippen molar-refractivity contribution in [2.24, 2.45) is 5.16 Å². The maximum Gasteiger partial charge on any atom is 0.0540 e. The molecule has 1 rings (SSSR count). The second-order valence-electron chi connectivity index (χ2n) is 6.90. The Kier molecular flexibility index (Phi) is 13.1. The van der Waals surface area contributed by atoms with E-state index < -0.39 is 0 Å². The molecule has 0 aromatic carbocycles. The van der Waals surface area contributed by atoms with Crippen LogP contribution in [0, 0.1) is 0 Å². The molecule has 1 heterocycles. The van der Waals surface area contributed by atoms with Gasteiger partial charge in [0.1, 0.15) is 0 Å². The molecule has 1 aromatic rings. The van der Waals surface area contributed by atoms with Crippen molar-refractivity contribution in [1.29, 1.82) is 0 Å². The Morgan fingerprint density at radius 2 is 1.38 bits per heavy atom. The van der Waals surface area contributed by atoms with Crippen LogP contribution in [0.5, 0.6) is 0 Å². The summed E-state index contributed by atoms with van der Waals surface area (Å²) in [6, 6.07) is 6.19. The summed E-state index contributed by atoms with van der Waals surface area (Å²) in [5, 5.41) is 11.8. The number of aryl methyl sites for hydroxylation is 1. The fourth-order valence-corrected chi connectivity index (χ4v) is 3.05. The van der Waals surface area contributed by atoms with Crippen LogP contribution < -0.4 is 0 Å². The summed E-state index contributed by atoms with van der Waals surface area (Å²) in [7, 11) is 0. The Balaban J connectivity index is 1.75. The molecule has 0 saturated carbocycles. The topological polar surface area (TPSA) is 45.5 Å². The highest BCUT2D eigenvalue weighted by molar-refractivity contribution is 5.81. The van der Waals surface area contributed by atoms with Crippen LogP contribution in [0.2, 0.25) is 0 Å². The number of hydrogen-bond acceptors (Lipinski definition) is 3. The average Bonchev–Trinajstić information content (AvgIpc) is 2.62. The van der Waals surface area contributed by atoms with Gasteiger partial charge < -0.3 is 5.21 Å². The lowest BCUT2D eigenvalue weighted by atomic mass is 10.0. The largest absolute Gasteiger partial charge is 0.411 e. The molecule has 0 bridgehead atoms. The number of unbranched alkanes of at least 4 members (excludes halogenated alkanes) is 11. The molecule has 1 N–H and O–H groups in total. The third-order valence-corrected chi connectivity index (χ3v) is 4.62. The lowest BCUT2D eigenvalue weighted by Gasteiger charge is -2.03. The van der Waals surface area contributed by atoms with Crippen LogP contribution in [0.25, 0.3) is 0 Å². The van der Waals surface area contributed by atoms with E-state index in [-0.39, 0.29) is 0 Å². The van der Waals surface area contributed by atoms with E-state index in [0.29, 0.717) is 0 Å². The minimum absolute atomic E-state index is 0.857. The van der Waals surface area contributed by atoms with Gasteiger partial charge in [-0.3, -0.25) is 4.98 Å². The van der Waals surface area contributed by atoms with Crippen LogP contribution >= 0.6 is 0 Å². The van der Waals surface area contributed by atoms with Crippen molar-refractivity contribution < 1.29 is 5.21 Å². The zero-order valence-electron chi connectivity index (χ0n) is 15.6. The fourth-order valence-electron chi connectivity index (χ4n) is 3.05. The number of oxime groups is 1. The zero-order chi connectivity index (χ0) is 17.3. The van der Waals surface area contributed by atoms with Gasteiger partial charge in [-0.2, -0.15) is 0 Å². The number of aromatic nitrogens is 1. The summed E-state index contributed by atoms with van der Waals surface area (Å²) in [4.78, 5) is 4.37. The van der Waals surface area contributed by atoms with Gasteiger partial charge in [-0.05, 0) is 44.7 Å². The standard InChI is InChI=1S/C21H36N2O/c1-20(23-24)16-12-10-8-6-4-2-3-5-7-9-11-13-17-21-18-14-15-19-22-21/h14-15,18-19,24H,2-13,16-17H2,1H3. The van der Waals surface area contributed by atoms with Gasteiger partial charge in [-0.1, -0.05) is 75.4 Å². The van der Waals surface area contributed by atoms with Crippen LogP contribution in [-0.2, 0) is 6.42 Å². The highest BCUT2D eigenvalue weighted by Gasteiger charge is 1.96. The van der Waals surface area contributed by atoms with Gasteiger partial charge in [0.05, 0.1) is 5.71 Å². The first kappa shape index (κ1) is 20.7. The maximum absolute atomic E-state index is 8.56. The Bertz CT molecular complexity index is 417. The molecule has 3 nitrogen and oxygen atoms in total. The zero-order valence-corrected chi connectivity index (χ0v) is 15.6. The van der Waals surface area contributed by atoms with Crippen molar-refractivity contribution >= 4 is 5.71 Å². The molecule has 0 aliphatic rings. The van der Waals surface area contributed by atoms with E-state index in [0.717, 1.165) is 25.0 Å². The van der Waals surface area contributed by atoms with Crippen molar-refractivity contribution in [1.82, 2.24) is 4.98 Å². The Hall–Kier alpha value is -1.38. The molecule has 0 unspecified atom stereocenters. The molecule has 0 amide bonds. The molecule has 1 aromatic heterocycles. The van der Waals surface area contributed by atoms with E-state index in [2.05, 4.69) is 22.3 Å². The van der Waals surface area contributed by atoms with E-state index in [1.54, 1.807) is 0 Å². The molecule has 136 valence electrons.